The molecule has 1 aliphatic heterocycles. The zero-order chi connectivity index (χ0) is 12.8. The summed E-state index contributed by atoms with van der Waals surface area (Å²) in [6.45, 7) is 2.13. The van der Waals surface area contributed by atoms with Crippen LogP contribution < -0.4 is 21.3 Å². The lowest BCUT2D eigenvalue weighted by molar-refractivity contribution is 0.254. The largest absolute Gasteiger partial charge is 0.381 e. The molecule has 5 nitrogen and oxygen atoms in total. The molecular formula is C13H20N4O. The fraction of sp³-hybridized carbons (Fsp3) is 0.462. The first kappa shape index (κ1) is 12.7. The number of rotatable bonds is 3. The number of amides is 2. The first-order valence-corrected chi connectivity index (χ1v) is 6.34. The third kappa shape index (κ3) is 3.63. The molecule has 0 spiro atoms. The standard InChI is InChI=1S/C13H20N4O/c1-14-13(18)17-11-6-4-10(5-7-11)16-12-3-2-8-15-9-12/h4-7,12,15-16H,2-3,8-9H2,1H3,(H2,14,17,18). The number of carbonyl (C=O) groups excluding carboxylic acids is 1. The molecule has 1 aromatic carbocycles. The van der Waals surface area contributed by atoms with Crippen molar-refractivity contribution in [1.82, 2.24) is 10.6 Å². The summed E-state index contributed by atoms with van der Waals surface area (Å²) in [5.74, 6) is 0. The molecule has 1 fully saturated rings. The Morgan fingerprint density at radius 2 is 2.00 bits per heavy atom. The topological polar surface area (TPSA) is 65.2 Å². The maximum absolute atomic E-state index is 11.1. The van der Waals surface area contributed by atoms with Gasteiger partial charge in [0, 0.05) is 31.0 Å². The molecule has 0 aliphatic carbocycles. The zero-order valence-electron chi connectivity index (χ0n) is 10.6. The van der Waals surface area contributed by atoms with Gasteiger partial charge in [-0.1, -0.05) is 0 Å². The molecule has 1 heterocycles. The molecule has 2 rings (SSSR count). The number of urea groups is 1. The van der Waals surface area contributed by atoms with Gasteiger partial charge < -0.3 is 21.3 Å². The average Bonchev–Trinajstić information content (AvgIpc) is 2.42. The third-order valence-electron chi connectivity index (χ3n) is 3.04. The highest BCUT2D eigenvalue weighted by Crippen LogP contribution is 2.16. The van der Waals surface area contributed by atoms with Crippen LogP contribution in [0, 0.1) is 0 Å². The van der Waals surface area contributed by atoms with Gasteiger partial charge in [0.15, 0.2) is 0 Å². The van der Waals surface area contributed by atoms with E-state index in [1.165, 1.54) is 12.8 Å². The van der Waals surface area contributed by atoms with Gasteiger partial charge in [-0.05, 0) is 43.7 Å². The van der Waals surface area contributed by atoms with E-state index in [1.807, 2.05) is 24.3 Å². The van der Waals surface area contributed by atoms with Gasteiger partial charge >= 0.3 is 6.03 Å². The van der Waals surface area contributed by atoms with Crippen LogP contribution in [-0.4, -0.2) is 32.2 Å². The van der Waals surface area contributed by atoms with Gasteiger partial charge in [-0.25, -0.2) is 4.79 Å². The van der Waals surface area contributed by atoms with Gasteiger partial charge in [0.2, 0.25) is 0 Å². The molecule has 1 atom stereocenters. The molecule has 0 aromatic heterocycles. The summed E-state index contributed by atoms with van der Waals surface area (Å²) in [5.41, 5.74) is 1.88. The Morgan fingerprint density at radius 1 is 1.28 bits per heavy atom. The molecule has 4 N–H and O–H groups in total. The van der Waals surface area contributed by atoms with Crippen LogP contribution in [0.15, 0.2) is 24.3 Å². The lowest BCUT2D eigenvalue weighted by atomic mass is 10.1. The van der Waals surface area contributed by atoms with Crippen LogP contribution >= 0.6 is 0 Å². The predicted molar refractivity (Wildman–Crippen MR) is 74.0 cm³/mol. The fourth-order valence-electron chi connectivity index (χ4n) is 2.05. The number of anilines is 2. The van der Waals surface area contributed by atoms with Crippen molar-refractivity contribution in [2.45, 2.75) is 18.9 Å². The van der Waals surface area contributed by atoms with E-state index in [-0.39, 0.29) is 6.03 Å². The Hall–Kier alpha value is -1.75. The minimum absolute atomic E-state index is 0.202. The van der Waals surface area contributed by atoms with Crippen LogP contribution in [0.4, 0.5) is 16.2 Å². The molecule has 2 amide bonds. The maximum Gasteiger partial charge on any atom is 0.318 e. The molecule has 0 saturated carbocycles. The summed E-state index contributed by atoms with van der Waals surface area (Å²) < 4.78 is 0. The highest BCUT2D eigenvalue weighted by molar-refractivity contribution is 5.89. The van der Waals surface area contributed by atoms with Crippen LogP contribution in [0.25, 0.3) is 0 Å². The number of nitrogens with one attached hydrogen (secondary N) is 4. The molecular weight excluding hydrogens is 228 g/mol. The molecule has 0 bridgehead atoms. The van der Waals surface area contributed by atoms with Crippen molar-refractivity contribution in [3.63, 3.8) is 0 Å². The Morgan fingerprint density at radius 3 is 2.61 bits per heavy atom. The van der Waals surface area contributed by atoms with E-state index >= 15 is 0 Å². The van der Waals surface area contributed by atoms with Crippen molar-refractivity contribution in [3.8, 4) is 0 Å². The molecule has 18 heavy (non-hydrogen) atoms. The molecule has 98 valence electrons. The van der Waals surface area contributed by atoms with Gasteiger partial charge in [0.1, 0.15) is 0 Å². The Kier molecular flexibility index (Phi) is 4.41. The zero-order valence-corrected chi connectivity index (χ0v) is 10.6. The quantitative estimate of drug-likeness (QED) is 0.657. The average molecular weight is 248 g/mol. The maximum atomic E-state index is 11.1. The summed E-state index contributed by atoms with van der Waals surface area (Å²) in [6.07, 6.45) is 2.42. The molecule has 1 aromatic rings. The van der Waals surface area contributed by atoms with Gasteiger partial charge in [0.25, 0.3) is 0 Å². The number of benzene rings is 1. The summed E-state index contributed by atoms with van der Waals surface area (Å²) in [4.78, 5) is 11.1. The number of hydrogen-bond acceptors (Lipinski definition) is 3. The van der Waals surface area contributed by atoms with Crippen molar-refractivity contribution in [2.24, 2.45) is 0 Å². The second kappa shape index (κ2) is 6.26. The lowest BCUT2D eigenvalue weighted by Crippen LogP contribution is -2.38. The summed E-state index contributed by atoms with van der Waals surface area (Å²) >= 11 is 0. The normalized spacial score (nSPS) is 19.1. The highest BCUT2D eigenvalue weighted by atomic mass is 16.2. The summed E-state index contributed by atoms with van der Waals surface area (Å²) in [5, 5.41) is 12.1. The highest BCUT2D eigenvalue weighted by Gasteiger charge is 2.12. The Balaban J connectivity index is 1.88. The molecule has 1 aliphatic rings. The van der Waals surface area contributed by atoms with Crippen LogP contribution in [-0.2, 0) is 0 Å². The second-order valence-electron chi connectivity index (χ2n) is 4.47. The molecule has 1 saturated heterocycles. The van der Waals surface area contributed by atoms with Gasteiger partial charge in [-0.15, -0.1) is 0 Å². The fourth-order valence-corrected chi connectivity index (χ4v) is 2.05. The SMILES string of the molecule is CNC(=O)Nc1ccc(NC2CCCNC2)cc1. The van der Waals surface area contributed by atoms with Crippen LogP contribution in [0.2, 0.25) is 0 Å². The van der Waals surface area contributed by atoms with E-state index in [0.717, 1.165) is 24.5 Å². The van der Waals surface area contributed by atoms with Crippen molar-refractivity contribution in [3.05, 3.63) is 24.3 Å². The van der Waals surface area contributed by atoms with Crippen molar-refractivity contribution in [1.29, 1.82) is 0 Å². The van der Waals surface area contributed by atoms with E-state index < -0.39 is 0 Å². The second-order valence-corrected chi connectivity index (χ2v) is 4.47. The monoisotopic (exact) mass is 248 g/mol. The minimum atomic E-state index is -0.202. The van der Waals surface area contributed by atoms with Crippen molar-refractivity contribution in [2.75, 3.05) is 30.8 Å². The van der Waals surface area contributed by atoms with E-state index in [9.17, 15) is 4.79 Å². The summed E-state index contributed by atoms with van der Waals surface area (Å²) in [7, 11) is 1.60. The minimum Gasteiger partial charge on any atom is -0.381 e. The van der Waals surface area contributed by atoms with Crippen molar-refractivity contribution < 1.29 is 4.79 Å². The van der Waals surface area contributed by atoms with E-state index in [2.05, 4.69) is 21.3 Å². The van der Waals surface area contributed by atoms with E-state index in [0.29, 0.717) is 6.04 Å². The number of piperidine rings is 1. The van der Waals surface area contributed by atoms with Gasteiger partial charge in [0.05, 0.1) is 0 Å². The Bertz CT molecular complexity index is 384. The first-order chi connectivity index (χ1) is 8.78. The molecule has 1 unspecified atom stereocenters. The Labute approximate surface area is 107 Å². The van der Waals surface area contributed by atoms with Crippen LogP contribution in [0.3, 0.4) is 0 Å². The number of hydrogen-bond donors (Lipinski definition) is 4. The van der Waals surface area contributed by atoms with E-state index in [4.69, 9.17) is 0 Å². The smallest absolute Gasteiger partial charge is 0.318 e. The van der Waals surface area contributed by atoms with E-state index in [1.54, 1.807) is 7.05 Å². The van der Waals surface area contributed by atoms with Gasteiger partial charge in [-0.3, -0.25) is 0 Å². The van der Waals surface area contributed by atoms with Crippen LogP contribution in [0.1, 0.15) is 12.8 Å². The third-order valence-corrected chi connectivity index (χ3v) is 3.04. The predicted octanol–water partition coefficient (Wildman–Crippen LogP) is 1.60. The molecule has 5 heteroatoms. The first-order valence-electron chi connectivity index (χ1n) is 6.34. The van der Waals surface area contributed by atoms with Gasteiger partial charge in [-0.2, -0.15) is 0 Å². The molecule has 0 radical (unpaired) electrons. The number of carbonyl (C=O) groups is 1. The summed E-state index contributed by atoms with van der Waals surface area (Å²) in [6, 6.07) is 8.06. The van der Waals surface area contributed by atoms with Crippen molar-refractivity contribution >= 4 is 17.4 Å². The van der Waals surface area contributed by atoms with Crippen LogP contribution in [0.5, 0.6) is 0 Å². The lowest BCUT2D eigenvalue weighted by Gasteiger charge is -2.24.